The Morgan fingerprint density at radius 1 is 1.42 bits per heavy atom. The van der Waals surface area contributed by atoms with Crippen molar-refractivity contribution < 1.29 is 9.84 Å². The van der Waals surface area contributed by atoms with Gasteiger partial charge < -0.3 is 15.6 Å². The van der Waals surface area contributed by atoms with E-state index < -0.39 is 6.10 Å². The van der Waals surface area contributed by atoms with Crippen LogP contribution in [0.1, 0.15) is 43.5 Å². The van der Waals surface area contributed by atoms with Gasteiger partial charge in [0.1, 0.15) is 12.4 Å². The summed E-state index contributed by atoms with van der Waals surface area (Å²) in [5.74, 6) is 1.36. The number of aromatic nitrogens is 1. The molecule has 1 aliphatic rings. The standard InChI is InChI=1S/C15H24N2O2/c1-11-6-7-15(14(9-16)17-11)19-10-13(18)8-12-4-2-3-5-12/h6-7,12-13,18H,2-5,8-10,16H2,1H3. The van der Waals surface area contributed by atoms with E-state index in [0.717, 1.165) is 17.8 Å². The quantitative estimate of drug-likeness (QED) is 0.826. The van der Waals surface area contributed by atoms with Crippen LogP contribution >= 0.6 is 0 Å². The molecule has 4 heteroatoms. The topological polar surface area (TPSA) is 68.4 Å². The average molecular weight is 264 g/mol. The van der Waals surface area contributed by atoms with Gasteiger partial charge in [0.15, 0.2) is 0 Å². The number of ether oxygens (including phenoxy) is 1. The summed E-state index contributed by atoms with van der Waals surface area (Å²) in [6, 6.07) is 3.78. The summed E-state index contributed by atoms with van der Waals surface area (Å²) in [7, 11) is 0. The van der Waals surface area contributed by atoms with E-state index in [0.29, 0.717) is 24.8 Å². The zero-order chi connectivity index (χ0) is 13.7. The number of rotatable bonds is 6. The largest absolute Gasteiger partial charge is 0.489 e. The molecule has 0 aliphatic heterocycles. The molecule has 0 amide bonds. The van der Waals surface area contributed by atoms with Gasteiger partial charge in [0, 0.05) is 12.2 Å². The van der Waals surface area contributed by atoms with Gasteiger partial charge in [-0.3, -0.25) is 4.98 Å². The van der Waals surface area contributed by atoms with Gasteiger partial charge in [-0.05, 0) is 31.4 Å². The highest BCUT2D eigenvalue weighted by Gasteiger charge is 2.19. The van der Waals surface area contributed by atoms with E-state index in [2.05, 4.69) is 4.98 Å². The Kier molecular flexibility index (Phi) is 5.16. The Morgan fingerprint density at radius 2 is 2.16 bits per heavy atom. The molecular weight excluding hydrogens is 240 g/mol. The Morgan fingerprint density at radius 3 is 2.84 bits per heavy atom. The first kappa shape index (κ1) is 14.3. The number of nitrogens with zero attached hydrogens (tertiary/aromatic N) is 1. The number of aliphatic hydroxyl groups excluding tert-OH is 1. The summed E-state index contributed by atoms with van der Waals surface area (Å²) in [5.41, 5.74) is 7.34. The predicted octanol–water partition coefficient (Wildman–Crippen LogP) is 2.17. The van der Waals surface area contributed by atoms with Crippen molar-refractivity contribution in [1.82, 2.24) is 4.98 Å². The number of nitrogens with two attached hydrogens (primary N) is 1. The molecular formula is C15H24N2O2. The van der Waals surface area contributed by atoms with Crippen LogP contribution in [0.3, 0.4) is 0 Å². The summed E-state index contributed by atoms with van der Waals surface area (Å²) < 4.78 is 5.66. The normalized spacial score (nSPS) is 17.6. The first-order valence-electron chi connectivity index (χ1n) is 7.16. The van der Waals surface area contributed by atoms with Crippen LogP contribution in [0.5, 0.6) is 5.75 Å². The fraction of sp³-hybridized carbons (Fsp3) is 0.667. The minimum absolute atomic E-state index is 0.328. The predicted molar refractivity (Wildman–Crippen MR) is 74.9 cm³/mol. The second-order valence-electron chi connectivity index (χ2n) is 5.45. The maximum Gasteiger partial charge on any atom is 0.142 e. The van der Waals surface area contributed by atoms with E-state index in [1.165, 1.54) is 25.7 Å². The van der Waals surface area contributed by atoms with Gasteiger partial charge in [0.05, 0.1) is 11.8 Å². The van der Waals surface area contributed by atoms with Crippen molar-refractivity contribution in [3.63, 3.8) is 0 Å². The van der Waals surface area contributed by atoms with Crippen molar-refractivity contribution in [1.29, 1.82) is 0 Å². The van der Waals surface area contributed by atoms with Crippen LogP contribution in [-0.4, -0.2) is 22.8 Å². The molecule has 19 heavy (non-hydrogen) atoms. The number of hydrogen-bond donors (Lipinski definition) is 2. The van der Waals surface area contributed by atoms with Gasteiger partial charge in [0.2, 0.25) is 0 Å². The fourth-order valence-electron chi connectivity index (χ4n) is 2.76. The molecule has 1 atom stereocenters. The molecule has 1 heterocycles. The van der Waals surface area contributed by atoms with Crippen molar-refractivity contribution in [2.75, 3.05) is 6.61 Å². The molecule has 1 fully saturated rings. The molecule has 1 aliphatic carbocycles. The summed E-state index contributed by atoms with van der Waals surface area (Å²) in [4.78, 5) is 4.34. The summed E-state index contributed by atoms with van der Waals surface area (Å²) in [6.45, 7) is 2.61. The number of aliphatic hydroxyl groups is 1. The SMILES string of the molecule is Cc1ccc(OCC(O)CC2CCCC2)c(CN)n1. The minimum atomic E-state index is -0.393. The molecule has 0 bridgehead atoms. The van der Waals surface area contributed by atoms with Gasteiger partial charge >= 0.3 is 0 Å². The Hall–Kier alpha value is -1.13. The second-order valence-corrected chi connectivity index (χ2v) is 5.45. The lowest BCUT2D eigenvalue weighted by atomic mass is 10.0. The van der Waals surface area contributed by atoms with Crippen molar-refractivity contribution in [3.05, 3.63) is 23.5 Å². The molecule has 2 rings (SSSR count). The van der Waals surface area contributed by atoms with Crippen LogP contribution in [0.15, 0.2) is 12.1 Å². The number of hydrogen-bond acceptors (Lipinski definition) is 4. The van der Waals surface area contributed by atoms with E-state index in [-0.39, 0.29) is 0 Å². The second kappa shape index (κ2) is 6.87. The molecule has 1 aromatic heterocycles. The lowest BCUT2D eigenvalue weighted by Gasteiger charge is -2.17. The number of pyridine rings is 1. The van der Waals surface area contributed by atoms with E-state index in [9.17, 15) is 5.11 Å². The first-order valence-corrected chi connectivity index (χ1v) is 7.16. The number of aryl methyl sites for hydroxylation is 1. The highest BCUT2D eigenvalue weighted by atomic mass is 16.5. The fourth-order valence-corrected chi connectivity index (χ4v) is 2.76. The zero-order valence-electron chi connectivity index (χ0n) is 11.6. The highest BCUT2D eigenvalue weighted by Crippen LogP contribution is 2.28. The molecule has 1 saturated carbocycles. The molecule has 3 N–H and O–H groups in total. The van der Waals surface area contributed by atoms with Gasteiger partial charge in [0.25, 0.3) is 0 Å². The van der Waals surface area contributed by atoms with Crippen molar-refractivity contribution in [3.8, 4) is 5.75 Å². The maximum absolute atomic E-state index is 10.0. The van der Waals surface area contributed by atoms with Crippen molar-refractivity contribution in [2.45, 2.75) is 51.7 Å². The summed E-state index contributed by atoms with van der Waals surface area (Å²) in [5, 5.41) is 10.0. The third kappa shape index (κ3) is 4.18. The maximum atomic E-state index is 10.0. The van der Waals surface area contributed by atoms with Crippen LogP contribution in [0.2, 0.25) is 0 Å². The van der Waals surface area contributed by atoms with Gasteiger partial charge in [-0.2, -0.15) is 0 Å². The Balaban J connectivity index is 1.83. The highest BCUT2D eigenvalue weighted by molar-refractivity contribution is 5.29. The van der Waals surface area contributed by atoms with E-state index in [1.54, 1.807) is 0 Å². The summed E-state index contributed by atoms with van der Waals surface area (Å²) in [6.07, 6.45) is 5.55. The molecule has 1 aromatic rings. The van der Waals surface area contributed by atoms with Crippen LogP contribution in [-0.2, 0) is 6.54 Å². The lowest BCUT2D eigenvalue weighted by Crippen LogP contribution is -2.21. The van der Waals surface area contributed by atoms with Gasteiger partial charge in [-0.25, -0.2) is 0 Å². The minimum Gasteiger partial charge on any atom is -0.489 e. The molecule has 1 unspecified atom stereocenters. The lowest BCUT2D eigenvalue weighted by molar-refractivity contribution is 0.0849. The van der Waals surface area contributed by atoms with E-state index >= 15 is 0 Å². The van der Waals surface area contributed by atoms with Crippen LogP contribution in [0.25, 0.3) is 0 Å². The third-order valence-electron chi connectivity index (χ3n) is 3.78. The van der Waals surface area contributed by atoms with E-state index in [1.807, 2.05) is 19.1 Å². The Labute approximate surface area is 115 Å². The van der Waals surface area contributed by atoms with Crippen molar-refractivity contribution >= 4 is 0 Å². The molecule has 0 aromatic carbocycles. The third-order valence-corrected chi connectivity index (χ3v) is 3.78. The smallest absolute Gasteiger partial charge is 0.142 e. The van der Waals surface area contributed by atoms with Crippen LogP contribution in [0, 0.1) is 12.8 Å². The van der Waals surface area contributed by atoms with Crippen LogP contribution in [0.4, 0.5) is 0 Å². The van der Waals surface area contributed by atoms with E-state index in [4.69, 9.17) is 10.5 Å². The van der Waals surface area contributed by atoms with Crippen molar-refractivity contribution in [2.24, 2.45) is 11.7 Å². The van der Waals surface area contributed by atoms with Gasteiger partial charge in [-0.15, -0.1) is 0 Å². The van der Waals surface area contributed by atoms with Gasteiger partial charge in [-0.1, -0.05) is 25.7 Å². The molecule has 0 saturated heterocycles. The monoisotopic (exact) mass is 264 g/mol. The zero-order valence-corrected chi connectivity index (χ0v) is 11.6. The summed E-state index contributed by atoms with van der Waals surface area (Å²) >= 11 is 0. The molecule has 0 radical (unpaired) electrons. The van der Waals surface area contributed by atoms with Crippen LogP contribution < -0.4 is 10.5 Å². The Bertz CT molecular complexity index is 403. The molecule has 4 nitrogen and oxygen atoms in total. The average Bonchev–Trinajstić information content (AvgIpc) is 2.90. The first-order chi connectivity index (χ1) is 9.19. The molecule has 106 valence electrons. The molecule has 0 spiro atoms.